The largest absolute Gasteiger partial charge is 0.342 e. The van der Waals surface area contributed by atoms with Gasteiger partial charge in [0.15, 0.2) is 0 Å². The predicted octanol–water partition coefficient (Wildman–Crippen LogP) is 3.70. The van der Waals surface area contributed by atoms with Crippen LogP contribution in [-0.4, -0.2) is 39.4 Å². The molecule has 0 saturated heterocycles. The van der Waals surface area contributed by atoms with Gasteiger partial charge < -0.3 is 4.90 Å². The molecule has 5 nitrogen and oxygen atoms in total. The Kier molecular flexibility index (Phi) is 5.85. The van der Waals surface area contributed by atoms with Crippen molar-refractivity contribution >= 4 is 21.6 Å². The van der Waals surface area contributed by atoms with Crippen LogP contribution in [0, 0.1) is 0 Å². The number of anilines is 1. The molecule has 0 atom stereocenters. The maximum absolute atomic E-state index is 13.1. The number of hydrogen-bond acceptors (Lipinski definition) is 3. The van der Waals surface area contributed by atoms with Crippen molar-refractivity contribution in [3.8, 4) is 0 Å². The highest BCUT2D eigenvalue weighted by atomic mass is 32.2. The summed E-state index contributed by atoms with van der Waals surface area (Å²) in [5.74, 6) is -0.0873. The van der Waals surface area contributed by atoms with Crippen molar-refractivity contribution < 1.29 is 13.2 Å². The third-order valence-corrected chi connectivity index (χ3v) is 6.78. The Bertz CT molecular complexity index is 907. The van der Waals surface area contributed by atoms with E-state index in [0.717, 1.165) is 36.9 Å². The van der Waals surface area contributed by atoms with Gasteiger partial charge in [-0.25, -0.2) is 8.42 Å². The fourth-order valence-electron chi connectivity index (χ4n) is 3.36. The lowest BCUT2D eigenvalue weighted by atomic mass is 10.0. The first-order chi connectivity index (χ1) is 12.9. The molecule has 27 heavy (non-hydrogen) atoms. The van der Waals surface area contributed by atoms with Crippen LogP contribution in [0.3, 0.4) is 0 Å². The van der Waals surface area contributed by atoms with Crippen LogP contribution >= 0.6 is 0 Å². The topological polar surface area (TPSA) is 57.7 Å². The Morgan fingerprint density at radius 2 is 1.81 bits per heavy atom. The molecule has 0 radical (unpaired) electrons. The van der Waals surface area contributed by atoms with Crippen molar-refractivity contribution in [2.24, 2.45) is 0 Å². The van der Waals surface area contributed by atoms with Crippen LogP contribution in [0.1, 0.15) is 42.1 Å². The molecule has 0 saturated carbocycles. The SMILES string of the molecule is CCCCN(C)C(=O)c1ccc(S(=O)(=O)N2CCCc3ccccc32)cc1. The van der Waals surface area contributed by atoms with E-state index < -0.39 is 10.0 Å². The average molecular weight is 387 g/mol. The van der Waals surface area contributed by atoms with Crippen LogP contribution in [0.15, 0.2) is 53.4 Å². The summed E-state index contributed by atoms with van der Waals surface area (Å²) in [5.41, 5.74) is 2.31. The summed E-state index contributed by atoms with van der Waals surface area (Å²) in [6, 6.07) is 13.9. The molecule has 0 aromatic heterocycles. The molecule has 0 fully saturated rings. The lowest BCUT2D eigenvalue weighted by molar-refractivity contribution is 0.0793. The molecule has 0 aliphatic carbocycles. The van der Waals surface area contributed by atoms with E-state index >= 15 is 0 Å². The summed E-state index contributed by atoms with van der Waals surface area (Å²) in [5, 5.41) is 0. The Morgan fingerprint density at radius 3 is 2.52 bits per heavy atom. The summed E-state index contributed by atoms with van der Waals surface area (Å²) < 4.78 is 27.8. The summed E-state index contributed by atoms with van der Waals surface area (Å²) in [7, 11) is -1.87. The molecule has 1 aliphatic heterocycles. The van der Waals surface area contributed by atoms with Gasteiger partial charge in [-0.05, 0) is 55.2 Å². The minimum atomic E-state index is -3.64. The van der Waals surface area contributed by atoms with Crippen LogP contribution in [0.25, 0.3) is 0 Å². The number of para-hydroxylation sites is 1. The Hall–Kier alpha value is -2.34. The van der Waals surface area contributed by atoms with Crippen molar-refractivity contribution in [2.75, 3.05) is 24.4 Å². The van der Waals surface area contributed by atoms with E-state index in [9.17, 15) is 13.2 Å². The van der Waals surface area contributed by atoms with E-state index in [1.807, 2.05) is 24.3 Å². The number of unbranched alkanes of at least 4 members (excludes halogenated alkanes) is 1. The second-order valence-electron chi connectivity index (χ2n) is 6.91. The predicted molar refractivity (Wildman–Crippen MR) is 108 cm³/mol. The summed E-state index contributed by atoms with van der Waals surface area (Å²) >= 11 is 0. The average Bonchev–Trinajstić information content (AvgIpc) is 2.71. The number of carbonyl (C=O) groups excluding carboxylic acids is 1. The van der Waals surface area contributed by atoms with E-state index in [4.69, 9.17) is 0 Å². The van der Waals surface area contributed by atoms with Crippen molar-refractivity contribution in [1.82, 2.24) is 4.90 Å². The minimum absolute atomic E-state index is 0.0873. The van der Waals surface area contributed by atoms with E-state index in [2.05, 4.69) is 6.92 Å². The summed E-state index contributed by atoms with van der Waals surface area (Å²) in [6.45, 7) is 3.25. The Morgan fingerprint density at radius 1 is 1.11 bits per heavy atom. The Balaban J connectivity index is 1.84. The number of hydrogen-bond donors (Lipinski definition) is 0. The van der Waals surface area contributed by atoms with Crippen LogP contribution in [0.2, 0.25) is 0 Å². The molecule has 0 spiro atoms. The molecule has 3 rings (SSSR count). The molecule has 0 N–H and O–H groups in total. The zero-order valence-corrected chi connectivity index (χ0v) is 16.7. The molecular weight excluding hydrogens is 360 g/mol. The Labute approximate surface area is 161 Å². The molecular formula is C21H26N2O3S. The number of benzene rings is 2. The fourth-order valence-corrected chi connectivity index (χ4v) is 4.90. The van der Waals surface area contributed by atoms with Gasteiger partial charge in [-0.1, -0.05) is 31.5 Å². The zero-order valence-electron chi connectivity index (χ0n) is 15.9. The normalized spacial score (nSPS) is 13.9. The molecule has 1 amide bonds. The molecule has 2 aromatic rings. The van der Waals surface area contributed by atoms with Gasteiger partial charge in [0.1, 0.15) is 0 Å². The first-order valence-electron chi connectivity index (χ1n) is 9.41. The van der Waals surface area contributed by atoms with Gasteiger partial charge in [0.2, 0.25) is 0 Å². The highest BCUT2D eigenvalue weighted by Crippen LogP contribution is 2.31. The summed E-state index contributed by atoms with van der Waals surface area (Å²) in [6.07, 6.45) is 3.66. The fraction of sp³-hybridized carbons (Fsp3) is 0.381. The molecule has 0 bridgehead atoms. The molecule has 1 heterocycles. The molecule has 144 valence electrons. The minimum Gasteiger partial charge on any atom is -0.342 e. The number of amides is 1. The van der Waals surface area contributed by atoms with Gasteiger partial charge in [-0.2, -0.15) is 0 Å². The maximum Gasteiger partial charge on any atom is 0.264 e. The molecule has 2 aromatic carbocycles. The summed E-state index contributed by atoms with van der Waals surface area (Å²) in [4.78, 5) is 14.3. The van der Waals surface area contributed by atoms with Crippen molar-refractivity contribution in [1.29, 1.82) is 0 Å². The van der Waals surface area contributed by atoms with Crippen LogP contribution in [0.4, 0.5) is 5.69 Å². The first kappa shape index (κ1) is 19.4. The van der Waals surface area contributed by atoms with E-state index in [-0.39, 0.29) is 10.8 Å². The van der Waals surface area contributed by atoms with Crippen LogP contribution in [0.5, 0.6) is 0 Å². The lowest BCUT2D eigenvalue weighted by Crippen LogP contribution is -2.35. The van der Waals surface area contributed by atoms with E-state index in [0.29, 0.717) is 18.7 Å². The molecule has 6 heteroatoms. The van der Waals surface area contributed by atoms with Gasteiger partial charge in [-0.15, -0.1) is 0 Å². The number of rotatable bonds is 6. The van der Waals surface area contributed by atoms with Gasteiger partial charge >= 0.3 is 0 Å². The number of aryl methyl sites for hydroxylation is 1. The number of sulfonamides is 1. The third kappa shape index (κ3) is 4.00. The quantitative estimate of drug-likeness (QED) is 0.761. The first-order valence-corrected chi connectivity index (χ1v) is 10.9. The highest BCUT2D eigenvalue weighted by Gasteiger charge is 2.29. The maximum atomic E-state index is 13.1. The molecule has 0 unspecified atom stereocenters. The third-order valence-electron chi connectivity index (χ3n) is 4.95. The van der Waals surface area contributed by atoms with Gasteiger partial charge in [0, 0.05) is 25.7 Å². The van der Waals surface area contributed by atoms with Gasteiger partial charge in [-0.3, -0.25) is 9.10 Å². The van der Waals surface area contributed by atoms with Crippen LogP contribution < -0.4 is 4.31 Å². The van der Waals surface area contributed by atoms with Crippen molar-refractivity contribution in [3.63, 3.8) is 0 Å². The van der Waals surface area contributed by atoms with Crippen LogP contribution in [-0.2, 0) is 16.4 Å². The van der Waals surface area contributed by atoms with Crippen molar-refractivity contribution in [3.05, 3.63) is 59.7 Å². The van der Waals surface area contributed by atoms with E-state index in [1.165, 1.54) is 16.4 Å². The zero-order chi connectivity index (χ0) is 19.4. The van der Waals surface area contributed by atoms with Gasteiger partial charge in [0.05, 0.1) is 10.6 Å². The van der Waals surface area contributed by atoms with E-state index in [1.54, 1.807) is 24.1 Å². The lowest BCUT2D eigenvalue weighted by Gasteiger charge is -2.30. The standard InChI is InChI=1S/C21H26N2O3S/c1-3-4-15-22(2)21(24)18-11-13-19(14-12-18)27(25,26)23-16-7-9-17-8-5-6-10-20(17)23/h5-6,8,10-14H,3-4,7,9,15-16H2,1-2H3. The number of nitrogens with zero attached hydrogens (tertiary/aromatic N) is 2. The monoisotopic (exact) mass is 386 g/mol. The number of fused-ring (bicyclic) bond motifs is 1. The van der Waals surface area contributed by atoms with Crippen molar-refractivity contribution in [2.45, 2.75) is 37.5 Å². The second-order valence-corrected chi connectivity index (χ2v) is 8.78. The molecule has 1 aliphatic rings. The smallest absolute Gasteiger partial charge is 0.264 e. The highest BCUT2D eigenvalue weighted by molar-refractivity contribution is 7.92. The number of carbonyl (C=O) groups is 1. The second kappa shape index (κ2) is 8.13. The van der Waals surface area contributed by atoms with Gasteiger partial charge in [0.25, 0.3) is 15.9 Å².